The van der Waals surface area contributed by atoms with Gasteiger partial charge in [0.15, 0.2) is 0 Å². The number of fused-ring (bicyclic) bond motifs is 1. The topological polar surface area (TPSA) is 47.9 Å². The number of methoxy groups -OCH3 is 2. The summed E-state index contributed by atoms with van der Waals surface area (Å²) in [5.74, 6) is 0.364. The predicted octanol–water partition coefficient (Wildman–Crippen LogP) is 2.44. The minimum atomic E-state index is -0.365. The number of ether oxygens (including phenoxy) is 2. The first-order chi connectivity index (χ1) is 9.26. The van der Waals surface area contributed by atoms with Gasteiger partial charge in [0.1, 0.15) is 12.3 Å². The lowest BCUT2D eigenvalue weighted by molar-refractivity contribution is -0.138. The van der Waals surface area contributed by atoms with Crippen molar-refractivity contribution in [1.29, 1.82) is 0 Å². The summed E-state index contributed by atoms with van der Waals surface area (Å²) >= 11 is 0. The molecule has 0 saturated carbocycles. The Morgan fingerprint density at radius 1 is 1.21 bits per heavy atom. The zero-order valence-electron chi connectivity index (χ0n) is 10.9. The maximum absolute atomic E-state index is 11.1. The largest absolute Gasteiger partial charge is 0.496 e. The lowest BCUT2D eigenvalue weighted by Crippen LogP contribution is -2.04. The Balaban J connectivity index is 2.41. The van der Waals surface area contributed by atoms with Gasteiger partial charge in [0, 0.05) is 11.8 Å². The number of benzene rings is 2. The van der Waals surface area contributed by atoms with Crippen molar-refractivity contribution in [2.45, 2.75) is 0 Å². The third-order valence-electron chi connectivity index (χ3n) is 2.82. The van der Waals surface area contributed by atoms with E-state index in [0.29, 0.717) is 0 Å². The van der Waals surface area contributed by atoms with Crippen molar-refractivity contribution in [2.24, 2.45) is 4.99 Å². The molecule has 98 valence electrons. The predicted molar refractivity (Wildman–Crippen MR) is 75.0 cm³/mol. The Labute approximate surface area is 111 Å². The molecule has 0 bridgehead atoms. The molecule has 0 heterocycles. The van der Waals surface area contributed by atoms with Crippen LogP contribution < -0.4 is 4.74 Å². The summed E-state index contributed by atoms with van der Waals surface area (Å²) in [7, 11) is 2.96. The molecule has 0 aliphatic heterocycles. The van der Waals surface area contributed by atoms with Crippen molar-refractivity contribution in [2.75, 3.05) is 20.8 Å². The van der Waals surface area contributed by atoms with Gasteiger partial charge in [-0.25, -0.2) is 0 Å². The Kier molecular flexibility index (Phi) is 4.13. The molecule has 0 radical (unpaired) electrons. The minimum Gasteiger partial charge on any atom is -0.496 e. The van der Waals surface area contributed by atoms with Gasteiger partial charge in [0.25, 0.3) is 0 Å². The maximum Gasteiger partial charge on any atom is 0.327 e. The van der Waals surface area contributed by atoms with E-state index in [1.165, 1.54) is 7.11 Å². The molecule has 0 fully saturated rings. The van der Waals surface area contributed by atoms with Crippen LogP contribution in [0.1, 0.15) is 5.56 Å². The molecule has 0 spiro atoms. The van der Waals surface area contributed by atoms with Gasteiger partial charge in [-0.2, -0.15) is 0 Å². The van der Waals surface area contributed by atoms with Crippen LogP contribution in [0.4, 0.5) is 0 Å². The average molecular weight is 257 g/mol. The molecule has 0 aliphatic carbocycles. The summed E-state index contributed by atoms with van der Waals surface area (Å²) in [6.45, 7) is 0.00285. The zero-order valence-corrected chi connectivity index (χ0v) is 10.9. The fourth-order valence-electron chi connectivity index (χ4n) is 1.86. The first kappa shape index (κ1) is 13.1. The van der Waals surface area contributed by atoms with Crippen LogP contribution in [0.15, 0.2) is 41.4 Å². The van der Waals surface area contributed by atoms with E-state index >= 15 is 0 Å². The van der Waals surface area contributed by atoms with Gasteiger partial charge in [-0.15, -0.1) is 0 Å². The number of nitrogens with zero attached hydrogens (tertiary/aromatic N) is 1. The van der Waals surface area contributed by atoms with Crippen LogP contribution >= 0.6 is 0 Å². The number of esters is 1. The SMILES string of the molecule is COC(=O)CN=Cc1c(OC)ccc2ccccc12. The van der Waals surface area contributed by atoms with Crippen LogP contribution in [0.5, 0.6) is 5.75 Å². The fourth-order valence-corrected chi connectivity index (χ4v) is 1.86. The van der Waals surface area contributed by atoms with E-state index < -0.39 is 0 Å². The Morgan fingerprint density at radius 3 is 2.74 bits per heavy atom. The van der Waals surface area contributed by atoms with E-state index in [1.54, 1.807) is 13.3 Å². The van der Waals surface area contributed by atoms with E-state index in [0.717, 1.165) is 22.1 Å². The van der Waals surface area contributed by atoms with Gasteiger partial charge >= 0.3 is 5.97 Å². The Morgan fingerprint density at radius 2 is 2.00 bits per heavy atom. The van der Waals surface area contributed by atoms with E-state index in [2.05, 4.69) is 9.73 Å². The summed E-state index contributed by atoms with van der Waals surface area (Å²) in [6.07, 6.45) is 1.65. The molecule has 0 N–H and O–H groups in total. The van der Waals surface area contributed by atoms with Gasteiger partial charge in [-0.3, -0.25) is 9.79 Å². The highest BCUT2D eigenvalue weighted by atomic mass is 16.5. The van der Waals surface area contributed by atoms with Gasteiger partial charge in [-0.1, -0.05) is 30.3 Å². The second-order valence-corrected chi connectivity index (χ2v) is 3.95. The second kappa shape index (κ2) is 6.00. The maximum atomic E-state index is 11.1. The molecule has 2 aromatic carbocycles. The standard InChI is InChI=1S/C15H15NO3/c1-18-14-8-7-11-5-3-4-6-12(11)13(14)9-16-10-15(17)19-2/h3-9H,10H2,1-2H3. The quantitative estimate of drug-likeness (QED) is 0.624. The summed E-state index contributed by atoms with van der Waals surface area (Å²) in [4.78, 5) is 15.1. The molecule has 0 aliphatic rings. The van der Waals surface area contributed by atoms with Crippen molar-refractivity contribution < 1.29 is 14.3 Å². The smallest absolute Gasteiger partial charge is 0.327 e. The normalized spacial score (nSPS) is 10.8. The zero-order chi connectivity index (χ0) is 13.7. The monoisotopic (exact) mass is 257 g/mol. The molecule has 4 heteroatoms. The van der Waals surface area contributed by atoms with E-state index in [1.807, 2.05) is 36.4 Å². The number of hydrogen-bond donors (Lipinski definition) is 0. The van der Waals surface area contributed by atoms with Crippen LogP contribution in [-0.2, 0) is 9.53 Å². The van der Waals surface area contributed by atoms with Crippen LogP contribution in [0.2, 0.25) is 0 Å². The average Bonchev–Trinajstić information content (AvgIpc) is 2.47. The molecular weight excluding hydrogens is 242 g/mol. The number of aliphatic imine (C=N–C) groups is 1. The van der Waals surface area contributed by atoms with Crippen molar-refractivity contribution in [3.05, 3.63) is 42.0 Å². The fraction of sp³-hybridized carbons (Fsp3) is 0.200. The lowest BCUT2D eigenvalue weighted by Gasteiger charge is -2.08. The first-order valence-electron chi connectivity index (χ1n) is 5.88. The molecule has 0 saturated heterocycles. The molecule has 0 unspecified atom stereocenters. The number of rotatable bonds is 4. The summed E-state index contributed by atoms with van der Waals surface area (Å²) in [6, 6.07) is 11.8. The molecule has 4 nitrogen and oxygen atoms in total. The van der Waals surface area contributed by atoms with Gasteiger partial charge in [0.2, 0.25) is 0 Å². The molecule has 0 aromatic heterocycles. The Bertz CT molecular complexity index is 620. The molecule has 0 atom stereocenters. The van der Waals surface area contributed by atoms with Crippen LogP contribution in [-0.4, -0.2) is 32.9 Å². The lowest BCUT2D eigenvalue weighted by atomic mass is 10.0. The van der Waals surface area contributed by atoms with E-state index in [4.69, 9.17) is 4.74 Å². The summed E-state index contributed by atoms with van der Waals surface area (Å²) in [5, 5.41) is 2.14. The third-order valence-corrected chi connectivity index (χ3v) is 2.82. The molecule has 2 aromatic rings. The number of hydrogen-bond acceptors (Lipinski definition) is 4. The van der Waals surface area contributed by atoms with Crippen LogP contribution in [0.3, 0.4) is 0 Å². The highest BCUT2D eigenvalue weighted by molar-refractivity contribution is 6.02. The summed E-state index contributed by atoms with van der Waals surface area (Å²) in [5.41, 5.74) is 0.865. The van der Waals surface area contributed by atoms with Gasteiger partial charge < -0.3 is 9.47 Å². The molecule has 0 amide bonds. The van der Waals surface area contributed by atoms with Gasteiger partial charge in [0.05, 0.1) is 14.2 Å². The minimum absolute atomic E-state index is 0.00285. The van der Waals surface area contributed by atoms with Gasteiger partial charge in [-0.05, 0) is 16.8 Å². The van der Waals surface area contributed by atoms with E-state index in [9.17, 15) is 4.79 Å². The number of carbonyl (C=O) groups is 1. The highest BCUT2D eigenvalue weighted by Crippen LogP contribution is 2.26. The second-order valence-electron chi connectivity index (χ2n) is 3.95. The van der Waals surface area contributed by atoms with Crippen molar-refractivity contribution >= 4 is 23.0 Å². The van der Waals surface area contributed by atoms with Crippen molar-refractivity contribution in [3.8, 4) is 5.75 Å². The summed E-state index contributed by atoms with van der Waals surface area (Å²) < 4.78 is 9.88. The van der Waals surface area contributed by atoms with E-state index in [-0.39, 0.29) is 12.5 Å². The molecular formula is C15H15NO3. The van der Waals surface area contributed by atoms with Crippen LogP contribution in [0, 0.1) is 0 Å². The molecule has 19 heavy (non-hydrogen) atoms. The van der Waals surface area contributed by atoms with Crippen molar-refractivity contribution in [3.63, 3.8) is 0 Å². The highest BCUT2D eigenvalue weighted by Gasteiger charge is 2.06. The molecule has 2 rings (SSSR count). The third kappa shape index (κ3) is 2.91. The first-order valence-corrected chi connectivity index (χ1v) is 5.88. The number of carbonyl (C=O) groups excluding carboxylic acids is 1. The Hall–Kier alpha value is -2.36. The van der Waals surface area contributed by atoms with Crippen LogP contribution in [0.25, 0.3) is 10.8 Å². The van der Waals surface area contributed by atoms with Crippen molar-refractivity contribution in [1.82, 2.24) is 0 Å².